The molecule has 264 valence electrons. The third-order valence-corrected chi connectivity index (χ3v) is 8.65. The molecule has 2 aliphatic rings. The summed E-state index contributed by atoms with van der Waals surface area (Å²) in [6, 6.07) is 15.8. The lowest BCUT2D eigenvalue weighted by Gasteiger charge is -2.41. The van der Waals surface area contributed by atoms with Gasteiger partial charge in [-0.15, -0.1) is 0 Å². The van der Waals surface area contributed by atoms with Crippen molar-refractivity contribution in [2.45, 2.75) is 90.8 Å². The van der Waals surface area contributed by atoms with Gasteiger partial charge in [-0.2, -0.15) is 5.10 Å². The molecule has 0 aliphatic carbocycles. The number of rotatable bonds is 12. The average molecular weight is 676 g/mol. The van der Waals surface area contributed by atoms with E-state index in [0.29, 0.717) is 37.8 Å². The summed E-state index contributed by atoms with van der Waals surface area (Å²) in [6.07, 6.45) is 1.35. The highest BCUT2D eigenvalue weighted by Gasteiger charge is 2.54. The number of hydrogen-bond acceptors (Lipinski definition) is 8. The summed E-state index contributed by atoms with van der Waals surface area (Å²) in [7, 11) is 1.63. The number of alkyl carbamates (subject to hydrolysis) is 1. The Morgan fingerprint density at radius 2 is 1.69 bits per heavy atom. The first-order chi connectivity index (χ1) is 23.0. The minimum Gasteiger partial charge on any atom is -0.462 e. The number of piperidine rings is 1. The second-order valence-electron chi connectivity index (χ2n) is 14.2. The van der Waals surface area contributed by atoms with Gasteiger partial charge in [0.05, 0.1) is 17.9 Å². The molecule has 2 atom stereocenters. The number of carbonyl (C=O) groups is 5. The average Bonchev–Trinajstić information content (AvgIpc) is 3.27. The van der Waals surface area contributed by atoms with Crippen LogP contribution in [0.15, 0.2) is 59.7 Å². The lowest BCUT2D eigenvalue weighted by atomic mass is 9.73. The summed E-state index contributed by atoms with van der Waals surface area (Å²) in [5, 5.41) is 11.4. The van der Waals surface area contributed by atoms with E-state index in [9.17, 15) is 24.0 Å². The number of nitrogens with one attached hydrogen (secondary N) is 2. The maximum Gasteiger partial charge on any atom is 0.408 e. The van der Waals surface area contributed by atoms with Crippen LogP contribution in [0.25, 0.3) is 0 Å². The molecule has 4 amide bonds. The standard InChI is InChI=1S/C37H49N5O7/c1-8-48-31(44)27-18-12-16-25(22-27)17-13-19-28(38-32(45)36(5,6)39-34(47)49-35(2,3)4)30(43)42-21-20-29-37(24-42,33(46)41(7)40-29)23-26-14-10-9-11-15-26/h9-12,14-16,18,22,28H,8,13,17,19-21,23-24H2,1-7H3,(H,38,45)(H,39,47). The van der Waals surface area contributed by atoms with Crippen molar-refractivity contribution in [2.24, 2.45) is 10.5 Å². The number of carbonyl (C=O) groups excluding carboxylic acids is 5. The zero-order valence-electron chi connectivity index (χ0n) is 29.6. The number of benzene rings is 2. The normalized spacial score (nSPS) is 18.3. The second kappa shape index (κ2) is 15.2. The van der Waals surface area contributed by atoms with Crippen molar-refractivity contribution in [1.82, 2.24) is 20.5 Å². The number of hydrogen-bond donors (Lipinski definition) is 2. The summed E-state index contributed by atoms with van der Waals surface area (Å²) in [5.74, 6) is -1.46. The molecule has 0 saturated carbocycles. The molecule has 12 heteroatoms. The number of fused-ring (bicyclic) bond motifs is 1. The van der Waals surface area contributed by atoms with Gasteiger partial charge in [0.25, 0.3) is 5.91 Å². The maximum atomic E-state index is 14.4. The van der Waals surface area contributed by atoms with Crippen LogP contribution in [0.5, 0.6) is 0 Å². The van der Waals surface area contributed by atoms with Crippen molar-refractivity contribution in [3.63, 3.8) is 0 Å². The quantitative estimate of drug-likeness (QED) is 0.320. The van der Waals surface area contributed by atoms with Gasteiger partial charge in [-0.1, -0.05) is 42.5 Å². The molecule has 2 heterocycles. The lowest BCUT2D eigenvalue weighted by Crippen LogP contribution is -2.62. The Labute approximate surface area is 288 Å². The largest absolute Gasteiger partial charge is 0.462 e. The molecule has 1 saturated heterocycles. The SMILES string of the molecule is CCOC(=O)c1cccc(CCCC(NC(=O)C(C)(C)NC(=O)OC(C)(C)C)C(=O)N2CCC3=NN(C)C(=O)C3(Cc3ccccc3)C2)c1. The van der Waals surface area contributed by atoms with Crippen LogP contribution in [-0.4, -0.2) is 89.3 Å². The smallest absolute Gasteiger partial charge is 0.408 e. The highest BCUT2D eigenvalue weighted by molar-refractivity contribution is 6.13. The van der Waals surface area contributed by atoms with Crippen LogP contribution in [-0.2, 0) is 36.7 Å². The number of esters is 1. The molecule has 0 bridgehead atoms. The van der Waals surface area contributed by atoms with Crippen molar-refractivity contribution < 1.29 is 33.4 Å². The molecule has 4 rings (SSSR count). The molecule has 0 aromatic heterocycles. The topological polar surface area (TPSA) is 147 Å². The summed E-state index contributed by atoms with van der Waals surface area (Å²) >= 11 is 0. The molecule has 1 fully saturated rings. The Balaban J connectivity index is 1.56. The van der Waals surface area contributed by atoms with Crippen LogP contribution < -0.4 is 10.6 Å². The van der Waals surface area contributed by atoms with Gasteiger partial charge in [0, 0.05) is 26.6 Å². The molecule has 2 N–H and O–H groups in total. The van der Waals surface area contributed by atoms with E-state index in [2.05, 4.69) is 15.7 Å². The Hall–Kier alpha value is -4.74. The van der Waals surface area contributed by atoms with Gasteiger partial charge >= 0.3 is 12.1 Å². The first kappa shape index (κ1) is 37.1. The van der Waals surface area contributed by atoms with Gasteiger partial charge < -0.3 is 25.0 Å². The predicted molar refractivity (Wildman–Crippen MR) is 185 cm³/mol. The predicted octanol–water partition coefficient (Wildman–Crippen LogP) is 4.26. The molecule has 2 unspecified atom stereocenters. The molecule has 2 aliphatic heterocycles. The third-order valence-electron chi connectivity index (χ3n) is 8.65. The van der Waals surface area contributed by atoms with Crippen molar-refractivity contribution in [3.05, 3.63) is 71.3 Å². The van der Waals surface area contributed by atoms with E-state index in [0.717, 1.165) is 16.8 Å². The van der Waals surface area contributed by atoms with E-state index >= 15 is 0 Å². The van der Waals surface area contributed by atoms with Crippen LogP contribution in [0.4, 0.5) is 4.79 Å². The molecular formula is C37H49N5O7. The minimum absolute atomic E-state index is 0.121. The van der Waals surface area contributed by atoms with Gasteiger partial charge in [0.15, 0.2) is 0 Å². The lowest BCUT2D eigenvalue weighted by molar-refractivity contribution is -0.142. The summed E-state index contributed by atoms with van der Waals surface area (Å²) in [6.45, 7) is 10.7. The number of ether oxygens (including phenoxy) is 2. The van der Waals surface area contributed by atoms with E-state index in [-0.39, 0.29) is 31.4 Å². The van der Waals surface area contributed by atoms with E-state index < -0.39 is 40.6 Å². The van der Waals surface area contributed by atoms with Crippen molar-refractivity contribution in [3.8, 4) is 0 Å². The highest BCUT2D eigenvalue weighted by Crippen LogP contribution is 2.38. The van der Waals surface area contributed by atoms with Crippen LogP contribution >= 0.6 is 0 Å². The molecule has 2 aromatic carbocycles. The van der Waals surface area contributed by atoms with Crippen molar-refractivity contribution in [1.29, 1.82) is 0 Å². The molecule has 12 nitrogen and oxygen atoms in total. The van der Waals surface area contributed by atoms with Crippen LogP contribution in [0.1, 0.15) is 82.3 Å². The van der Waals surface area contributed by atoms with E-state index in [4.69, 9.17) is 9.47 Å². The van der Waals surface area contributed by atoms with Crippen LogP contribution in [0, 0.1) is 5.41 Å². The number of nitrogens with zero attached hydrogens (tertiary/aromatic N) is 3. The van der Waals surface area contributed by atoms with Gasteiger partial charge in [-0.3, -0.25) is 14.4 Å². The van der Waals surface area contributed by atoms with Crippen LogP contribution in [0.3, 0.4) is 0 Å². The van der Waals surface area contributed by atoms with Crippen LogP contribution in [0.2, 0.25) is 0 Å². The Morgan fingerprint density at radius 1 is 1.00 bits per heavy atom. The van der Waals surface area contributed by atoms with E-state index in [1.165, 1.54) is 5.01 Å². The van der Waals surface area contributed by atoms with Crippen molar-refractivity contribution >= 4 is 35.5 Å². The monoisotopic (exact) mass is 675 g/mol. The maximum absolute atomic E-state index is 14.4. The summed E-state index contributed by atoms with van der Waals surface area (Å²) in [5.41, 5.74) is -0.155. The van der Waals surface area contributed by atoms with Crippen molar-refractivity contribution in [2.75, 3.05) is 26.7 Å². The number of hydrazone groups is 1. The third kappa shape index (κ3) is 9.24. The summed E-state index contributed by atoms with van der Waals surface area (Å²) < 4.78 is 10.5. The first-order valence-corrected chi connectivity index (χ1v) is 16.8. The molecule has 0 spiro atoms. The zero-order valence-corrected chi connectivity index (χ0v) is 29.6. The van der Waals surface area contributed by atoms with Gasteiger partial charge in [-0.25, -0.2) is 14.6 Å². The molecule has 2 aromatic rings. The minimum atomic E-state index is -1.41. The fourth-order valence-electron chi connectivity index (χ4n) is 6.23. The zero-order chi connectivity index (χ0) is 36.0. The molecular weight excluding hydrogens is 626 g/mol. The fraction of sp³-hybridized carbons (Fsp3) is 0.514. The Kier molecular flexibility index (Phi) is 11.5. The number of amides is 4. The van der Waals surface area contributed by atoms with Gasteiger partial charge in [0.2, 0.25) is 11.8 Å². The fourth-order valence-corrected chi connectivity index (χ4v) is 6.23. The molecule has 0 radical (unpaired) electrons. The van der Waals surface area contributed by atoms with Gasteiger partial charge in [0.1, 0.15) is 22.6 Å². The van der Waals surface area contributed by atoms with E-state index in [1.54, 1.807) is 71.7 Å². The first-order valence-electron chi connectivity index (χ1n) is 16.8. The Morgan fingerprint density at radius 3 is 2.37 bits per heavy atom. The van der Waals surface area contributed by atoms with E-state index in [1.807, 2.05) is 36.4 Å². The van der Waals surface area contributed by atoms with Gasteiger partial charge in [-0.05, 0) is 90.5 Å². The number of aryl methyl sites for hydroxylation is 1. The molecule has 49 heavy (non-hydrogen) atoms. The second-order valence-corrected chi connectivity index (χ2v) is 14.2. The highest BCUT2D eigenvalue weighted by atomic mass is 16.6. The Bertz CT molecular complexity index is 1580. The summed E-state index contributed by atoms with van der Waals surface area (Å²) in [4.78, 5) is 68.2. The number of likely N-dealkylation sites (tertiary alicyclic amines) is 1.